The molecule has 0 bridgehead atoms. The molecule has 1 aliphatic rings. The lowest BCUT2D eigenvalue weighted by molar-refractivity contribution is -0.145. The van der Waals surface area contributed by atoms with Crippen molar-refractivity contribution in [2.45, 2.75) is 11.7 Å². The SMILES string of the molecule is COC1C(=O)N(c2cccc(F)c2)c2ccc(N)cc2C1(O)c1ccccn1. The van der Waals surface area contributed by atoms with E-state index in [-0.39, 0.29) is 5.69 Å². The first-order valence-corrected chi connectivity index (χ1v) is 8.63. The topological polar surface area (TPSA) is 88.7 Å². The number of rotatable bonds is 3. The third-order valence-corrected chi connectivity index (χ3v) is 4.85. The Morgan fingerprint density at radius 1 is 1.18 bits per heavy atom. The minimum atomic E-state index is -1.86. The van der Waals surface area contributed by atoms with E-state index in [9.17, 15) is 14.3 Å². The largest absolute Gasteiger partial charge is 0.399 e. The molecule has 6 nitrogen and oxygen atoms in total. The summed E-state index contributed by atoms with van der Waals surface area (Å²) in [5, 5.41) is 11.7. The zero-order valence-corrected chi connectivity index (χ0v) is 15.0. The second kappa shape index (κ2) is 6.70. The quantitative estimate of drug-likeness (QED) is 0.683. The summed E-state index contributed by atoms with van der Waals surface area (Å²) in [6, 6.07) is 15.5. The van der Waals surface area contributed by atoms with E-state index in [1.54, 1.807) is 42.5 Å². The molecule has 1 aromatic heterocycles. The number of nitrogens with two attached hydrogens (primary N) is 1. The number of carbonyl (C=O) groups is 1. The summed E-state index contributed by atoms with van der Waals surface area (Å²) in [5.74, 6) is -1.03. The summed E-state index contributed by atoms with van der Waals surface area (Å²) in [6.07, 6.45) is 0.218. The van der Waals surface area contributed by atoms with Crippen molar-refractivity contribution in [3.8, 4) is 0 Å². The summed E-state index contributed by atoms with van der Waals surface area (Å²) >= 11 is 0. The van der Waals surface area contributed by atoms with Crippen molar-refractivity contribution < 1.29 is 19.0 Å². The number of anilines is 3. The Morgan fingerprint density at radius 3 is 2.68 bits per heavy atom. The van der Waals surface area contributed by atoms with Crippen molar-refractivity contribution in [1.82, 2.24) is 4.98 Å². The van der Waals surface area contributed by atoms with Gasteiger partial charge in [-0.25, -0.2) is 4.39 Å². The van der Waals surface area contributed by atoms with Gasteiger partial charge in [-0.2, -0.15) is 0 Å². The minimum absolute atomic E-state index is 0.251. The molecule has 0 spiro atoms. The van der Waals surface area contributed by atoms with Gasteiger partial charge in [-0.05, 0) is 48.5 Å². The van der Waals surface area contributed by atoms with E-state index in [0.29, 0.717) is 22.6 Å². The van der Waals surface area contributed by atoms with Crippen molar-refractivity contribution in [2.75, 3.05) is 17.7 Å². The second-order valence-corrected chi connectivity index (χ2v) is 6.53. The zero-order chi connectivity index (χ0) is 19.9. The first-order valence-electron chi connectivity index (χ1n) is 8.63. The van der Waals surface area contributed by atoms with E-state index < -0.39 is 23.4 Å². The van der Waals surface area contributed by atoms with E-state index in [1.807, 2.05) is 0 Å². The average Bonchev–Trinajstić information content (AvgIpc) is 2.70. The average molecular weight is 379 g/mol. The Bertz CT molecular complexity index is 1040. The van der Waals surface area contributed by atoms with Crippen LogP contribution in [0.25, 0.3) is 0 Å². The van der Waals surface area contributed by atoms with Gasteiger partial charge in [-0.3, -0.25) is 14.7 Å². The molecule has 2 atom stereocenters. The van der Waals surface area contributed by atoms with E-state index in [1.165, 1.54) is 36.4 Å². The molecular formula is C21H18FN3O3. The summed E-state index contributed by atoms with van der Waals surface area (Å²) in [5.41, 5.74) is 5.82. The highest BCUT2D eigenvalue weighted by molar-refractivity contribution is 6.07. The number of hydrogen-bond donors (Lipinski definition) is 2. The maximum atomic E-state index is 13.8. The summed E-state index contributed by atoms with van der Waals surface area (Å²) in [6.45, 7) is 0. The van der Waals surface area contributed by atoms with Gasteiger partial charge in [0.1, 0.15) is 5.82 Å². The van der Waals surface area contributed by atoms with Gasteiger partial charge >= 0.3 is 0 Å². The van der Waals surface area contributed by atoms with Crippen LogP contribution in [0.3, 0.4) is 0 Å². The van der Waals surface area contributed by atoms with Crippen LogP contribution in [0.15, 0.2) is 66.9 Å². The number of nitrogen functional groups attached to an aromatic ring is 1. The Morgan fingerprint density at radius 2 is 2.00 bits per heavy atom. The fourth-order valence-electron chi connectivity index (χ4n) is 3.62. The molecule has 0 saturated heterocycles. The van der Waals surface area contributed by atoms with Crippen LogP contribution in [-0.4, -0.2) is 29.2 Å². The molecule has 2 aromatic carbocycles. The molecule has 0 aliphatic carbocycles. The van der Waals surface area contributed by atoms with Gasteiger partial charge in [-0.15, -0.1) is 0 Å². The van der Waals surface area contributed by atoms with Crippen molar-refractivity contribution in [3.63, 3.8) is 0 Å². The zero-order valence-electron chi connectivity index (χ0n) is 15.0. The number of hydrogen-bond acceptors (Lipinski definition) is 5. The van der Waals surface area contributed by atoms with Crippen molar-refractivity contribution in [2.24, 2.45) is 0 Å². The van der Waals surface area contributed by atoms with Crippen molar-refractivity contribution in [3.05, 3.63) is 83.9 Å². The number of nitrogens with zero attached hydrogens (tertiary/aromatic N) is 2. The van der Waals surface area contributed by atoms with Gasteiger partial charge in [0, 0.05) is 24.6 Å². The van der Waals surface area contributed by atoms with Crippen LogP contribution < -0.4 is 10.6 Å². The molecule has 4 rings (SSSR count). The fourth-order valence-corrected chi connectivity index (χ4v) is 3.62. The van der Waals surface area contributed by atoms with Crippen LogP contribution in [0.2, 0.25) is 0 Å². The normalized spacial score (nSPS) is 21.5. The Balaban J connectivity index is 2.02. The van der Waals surface area contributed by atoms with Gasteiger partial charge in [-0.1, -0.05) is 12.1 Å². The molecule has 1 amide bonds. The van der Waals surface area contributed by atoms with Crippen LogP contribution in [0.5, 0.6) is 0 Å². The highest BCUT2D eigenvalue weighted by Crippen LogP contribution is 2.47. The van der Waals surface area contributed by atoms with E-state index in [4.69, 9.17) is 10.5 Å². The van der Waals surface area contributed by atoms with Gasteiger partial charge in [0.2, 0.25) is 0 Å². The fraction of sp³-hybridized carbons (Fsp3) is 0.143. The molecule has 0 fully saturated rings. The van der Waals surface area contributed by atoms with Crippen molar-refractivity contribution >= 4 is 23.0 Å². The molecule has 28 heavy (non-hydrogen) atoms. The van der Waals surface area contributed by atoms with Gasteiger partial charge in [0.15, 0.2) is 11.7 Å². The van der Waals surface area contributed by atoms with Crippen LogP contribution in [0.1, 0.15) is 11.3 Å². The maximum Gasteiger partial charge on any atom is 0.264 e. The first-order chi connectivity index (χ1) is 13.5. The van der Waals surface area contributed by atoms with Crippen LogP contribution in [-0.2, 0) is 15.1 Å². The van der Waals surface area contributed by atoms with Crippen LogP contribution in [0, 0.1) is 5.82 Å². The maximum absolute atomic E-state index is 13.8. The molecule has 7 heteroatoms. The molecular weight excluding hydrogens is 361 g/mol. The lowest BCUT2D eigenvalue weighted by Gasteiger charge is -2.43. The number of halogens is 1. The smallest absolute Gasteiger partial charge is 0.264 e. The lowest BCUT2D eigenvalue weighted by atomic mass is 9.79. The lowest BCUT2D eigenvalue weighted by Crippen LogP contribution is -2.56. The molecule has 3 N–H and O–H groups in total. The highest BCUT2D eigenvalue weighted by atomic mass is 19.1. The molecule has 142 valence electrons. The molecule has 2 heterocycles. The third-order valence-electron chi connectivity index (χ3n) is 4.85. The summed E-state index contributed by atoms with van der Waals surface area (Å²) in [7, 11) is 1.33. The minimum Gasteiger partial charge on any atom is -0.399 e. The monoisotopic (exact) mass is 379 g/mol. The van der Waals surface area contributed by atoms with Crippen molar-refractivity contribution in [1.29, 1.82) is 0 Å². The third kappa shape index (κ3) is 2.64. The number of pyridine rings is 1. The summed E-state index contributed by atoms with van der Waals surface area (Å²) < 4.78 is 19.3. The summed E-state index contributed by atoms with van der Waals surface area (Å²) in [4.78, 5) is 18.9. The predicted octanol–water partition coefficient (Wildman–Crippen LogP) is 2.73. The number of amides is 1. The molecule has 2 unspecified atom stereocenters. The molecule has 1 aliphatic heterocycles. The molecule has 3 aromatic rings. The number of aliphatic hydroxyl groups is 1. The van der Waals surface area contributed by atoms with Gasteiger partial charge in [0.05, 0.1) is 17.1 Å². The number of fused-ring (bicyclic) bond motifs is 1. The predicted molar refractivity (Wildman–Crippen MR) is 102 cm³/mol. The van der Waals surface area contributed by atoms with Crippen LogP contribution in [0.4, 0.5) is 21.5 Å². The number of carbonyl (C=O) groups excluding carboxylic acids is 1. The Hall–Kier alpha value is -3.29. The van der Waals surface area contributed by atoms with E-state index in [0.717, 1.165) is 0 Å². The Labute approximate surface area is 161 Å². The van der Waals surface area contributed by atoms with Crippen LogP contribution >= 0.6 is 0 Å². The molecule has 0 radical (unpaired) electrons. The standard InChI is InChI=1S/C21H18FN3O3/c1-28-19-20(26)25(15-6-4-5-13(22)11-15)17-9-8-14(23)12-16(17)21(19,27)18-7-2-3-10-24-18/h2-12,19,27H,23H2,1H3. The van der Waals surface area contributed by atoms with Gasteiger partial charge in [0.25, 0.3) is 5.91 Å². The van der Waals surface area contributed by atoms with Gasteiger partial charge < -0.3 is 15.6 Å². The number of benzene rings is 2. The molecule has 0 saturated carbocycles. The number of methoxy groups -OCH3 is 1. The van der Waals surface area contributed by atoms with E-state index >= 15 is 0 Å². The Kier molecular flexibility index (Phi) is 4.33. The number of ether oxygens (including phenoxy) is 1. The van der Waals surface area contributed by atoms with E-state index in [2.05, 4.69) is 4.98 Å². The highest BCUT2D eigenvalue weighted by Gasteiger charge is 2.53. The second-order valence-electron chi connectivity index (χ2n) is 6.53. The first kappa shape index (κ1) is 18.1. The number of aromatic nitrogens is 1.